The van der Waals surface area contributed by atoms with E-state index in [1.807, 2.05) is 30.0 Å². The van der Waals surface area contributed by atoms with Gasteiger partial charge in [-0.3, -0.25) is 14.6 Å². The lowest BCUT2D eigenvalue weighted by molar-refractivity contribution is -0.453. The number of amides is 2. The number of nitrogens with zero attached hydrogens (tertiary/aromatic N) is 5. The molecule has 0 unspecified atom stereocenters. The summed E-state index contributed by atoms with van der Waals surface area (Å²) in [6.45, 7) is 5.87. The lowest BCUT2D eigenvalue weighted by Gasteiger charge is -2.28. The number of nitrogens with two attached hydrogens (primary N) is 1. The second-order valence-corrected chi connectivity index (χ2v) is 8.52. The van der Waals surface area contributed by atoms with E-state index in [-0.39, 0.29) is 11.5 Å². The van der Waals surface area contributed by atoms with E-state index < -0.39 is 5.91 Å². The highest BCUT2D eigenvalue weighted by Gasteiger charge is 2.34. The SMILES string of the molecule is CC(=O)N1CC[N+]2=C(COc3cc(Nc4ncc(C(N)=O)c(/C(C)=N/C5CC5)n4)ccc32)C1. The van der Waals surface area contributed by atoms with Crippen LogP contribution in [0.1, 0.15) is 42.7 Å². The molecule has 3 aliphatic rings. The number of fused-ring (bicyclic) bond motifs is 2. The topological polar surface area (TPSA) is 126 Å². The smallest absolute Gasteiger partial charge is 0.252 e. The van der Waals surface area contributed by atoms with Gasteiger partial charge in [0.05, 0.1) is 23.9 Å². The van der Waals surface area contributed by atoms with E-state index in [4.69, 9.17) is 10.5 Å². The van der Waals surface area contributed by atoms with Gasteiger partial charge in [-0.05, 0) is 25.8 Å². The molecule has 33 heavy (non-hydrogen) atoms. The first kappa shape index (κ1) is 21.0. The zero-order valence-corrected chi connectivity index (χ0v) is 18.7. The summed E-state index contributed by atoms with van der Waals surface area (Å²) in [6.07, 6.45) is 3.54. The molecule has 0 bridgehead atoms. The average molecular weight is 449 g/mol. The van der Waals surface area contributed by atoms with Gasteiger partial charge >= 0.3 is 0 Å². The highest BCUT2D eigenvalue weighted by atomic mass is 16.5. The average Bonchev–Trinajstić information content (AvgIpc) is 3.62. The fraction of sp³-hybridized carbons (Fsp3) is 0.391. The number of hydrogen-bond acceptors (Lipinski definition) is 7. The van der Waals surface area contributed by atoms with E-state index in [1.165, 1.54) is 6.20 Å². The summed E-state index contributed by atoms with van der Waals surface area (Å²) < 4.78 is 8.20. The standard InChI is InChI=1S/C23H25N7O3/c1-13(26-15-3-4-15)21-18(22(24)32)10-25-23(28-21)27-16-5-6-19-20(9-16)33-12-17-11-29(14(2)31)7-8-30(17)19/h5-6,9-10,15H,3-4,7-8,11-12H2,1-2H3,(H2-,24,25,27,28,32)/p+1/b26-13+. The molecule has 3 N–H and O–H groups in total. The molecule has 10 nitrogen and oxygen atoms in total. The van der Waals surface area contributed by atoms with Crippen LogP contribution >= 0.6 is 0 Å². The number of nitrogens with one attached hydrogen (secondary N) is 1. The van der Waals surface area contributed by atoms with Gasteiger partial charge in [0.25, 0.3) is 5.91 Å². The lowest BCUT2D eigenvalue weighted by Crippen LogP contribution is -2.48. The van der Waals surface area contributed by atoms with Crippen molar-refractivity contribution in [3.05, 3.63) is 35.7 Å². The quantitative estimate of drug-likeness (QED) is 0.529. The molecule has 1 aliphatic carbocycles. The number of aromatic nitrogens is 2. The molecule has 170 valence electrons. The van der Waals surface area contributed by atoms with Crippen molar-refractivity contribution >= 4 is 40.6 Å². The second-order valence-electron chi connectivity index (χ2n) is 8.52. The third-order valence-electron chi connectivity index (χ3n) is 6.01. The van der Waals surface area contributed by atoms with E-state index in [2.05, 4.69) is 24.9 Å². The first-order chi connectivity index (χ1) is 15.9. The first-order valence-corrected chi connectivity index (χ1v) is 11.0. The number of rotatable bonds is 5. The Labute approximate surface area is 191 Å². The molecule has 0 saturated heterocycles. The van der Waals surface area contributed by atoms with Gasteiger partial charge in [0.1, 0.15) is 12.2 Å². The number of hydrogen-bond donors (Lipinski definition) is 2. The highest BCUT2D eigenvalue weighted by Crippen LogP contribution is 2.34. The molecule has 1 fully saturated rings. The number of carbonyl (C=O) groups excluding carboxylic acids is 2. The van der Waals surface area contributed by atoms with Gasteiger partial charge in [-0.25, -0.2) is 9.97 Å². The summed E-state index contributed by atoms with van der Waals surface area (Å²) >= 11 is 0. The minimum Gasteiger partial charge on any atom is -0.476 e. The van der Waals surface area contributed by atoms with Crippen molar-refractivity contribution in [3.8, 4) is 5.75 Å². The Balaban J connectivity index is 1.40. The van der Waals surface area contributed by atoms with Gasteiger partial charge in [-0.2, -0.15) is 4.58 Å². The number of carbonyl (C=O) groups is 2. The third kappa shape index (κ3) is 4.28. The van der Waals surface area contributed by atoms with Crippen LogP contribution in [0.5, 0.6) is 5.75 Å². The van der Waals surface area contributed by atoms with Gasteiger partial charge in [-0.15, -0.1) is 0 Å². The summed E-state index contributed by atoms with van der Waals surface area (Å²) in [5.41, 5.74) is 9.71. The highest BCUT2D eigenvalue weighted by molar-refractivity contribution is 6.07. The summed E-state index contributed by atoms with van der Waals surface area (Å²) in [5, 5.41) is 3.19. The Bertz CT molecular complexity index is 1220. The zero-order valence-electron chi connectivity index (χ0n) is 18.7. The van der Waals surface area contributed by atoms with Gasteiger partial charge < -0.3 is 20.7 Å². The molecule has 2 amide bonds. The van der Waals surface area contributed by atoms with Crippen LogP contribution in [0.15, 0.2) is 29.4 Å². The van der Waals surface area contributed by atoms with Crippen LogP contribution < -0.4 is 15.8 Å². The Hall–Kier alpha value is -3.82. The predicted molar refractivity (Wildman–Crippen MR) is 123 cm³/mol. The second kappa shape index (κ2) is 8.27. The molecule has 2 aliphatic heterocycles. The van der Waals surface area contributed by atoms with Crippen molar-refractivity contribution in [1.29, 1.82) is 0 Å². The Morgan fingerprint density at radius 2 is 2.12 bits per heavy atom. The number of anilines is 2. The number of ether oxygens (including phenoxy) is 1. The van der Waals surface area contributed by atoms with Crippen LogP contribution in [0.3, 0.4) is 0 Å². The van der Waals surface area contributed by atoms with Gasteiger partial charge in [-0.1, -0.05) is 0 Å². The maximum absolute atomic E-state index is 11.9. The van der Waals surface area contributed by atoms with Gasteiger partial charge in [0.15, 0.2) is 18.9 Å². The summed E-state index contributed by atoms with van der Waals surface area (Å²) in [4.78, 5) is 38.8. The Morgan fingerprint density at radius 1 is 1.30 bits per heavy atom. The number of benzene rings is 1. The molecule has 10 heteroatoms. The predicted octanol–water partition coefficient (Wildman–Crippen LogP) is 1.63. The lowest BCUT2D eigenvalue weighted by atomic mass is 10.1. The van der Waals surface area contributed by atoms with Crippen molar-refractivity contribution in [2.45, 2.75) is 32.7 Å². The summed E-state index contributed by atoms with van der Waals surface area (Å²) in [6, 6.07) is 6.12. The van der Waals surface area contributed by atoms with Crippen LogP contribution in [0.4, 0.5) is 17.3 Å². The molecular formula is C23H26N7O3+. The molecule has 5 rings (SSSR count). The molecule has 0 atom stereocenters. The van der Waals surface area contributed by atoms with Crippen molar-refractivity contribution < 1.29 is 18.9 Å². The Morgan fingerprint density at radius 3 is 2.85 bits per heavy atom. The Kier molecular flexibility index (Phi) is 5.27. The van der Waals surface area contributed by atoms with Gasteiger partial charge in [0.2, 0.25) is 23.3 Å². The fourth-order valence-corrected chi connectivity index (χ4v) is 4.10. The van der Waals surface area contributed by atoms with E-state index in [0.29, 0.717) is 43.1 Å². The van der Waals surface area contributed by atoms with E-state index in [0.717, 1.165) is 42.2 Å². The number of aliphatic imine (C=N–C) groups is 1. The van der Waals surface area contributed by atoms with E-state index >= 15 is 0 Å². The maximum Gasteiger partial charge on any atom is 0.252 e. The monoisotopic (exact) mass is 448 g/mol. The molecular weight excluding hydrogens is 422 g/mol. The van der Waals surface area contributed by atoms with Crippen LogP contribution in [0.2, 0.25) is 0 Å². The van der Waals surface area contributed by atoms with Crippen LogP contribution in [-0.4, -0.2) is 75.0 Å². The zero-order chi connectivity index (χ0) is 23.1. The maximum atomic E-state index is 11.9. The van der Waals surface area contributed by atoms with Crippen molar-refractivity contribution in [3.63, 3.8) is 0 Å². The van der Waals surface area contributed by atoms with E-state index in [9.17, 15) is 9.59 Å². The minimum atomic E-state index is -0.582. The normalized spacial score (nSPS) is 17.8. The molecule has 0 radical (unpaired) electrons. The van der Waals surface area contributed by atoms with Gasteiger partial charge in [0, 0.05) is 30.9 Å². The fourth-order valence-electron chi connectivity index (χ4n) is 4.10. The van der Waals surface area contributed by atoms with Crippen LogP contribution in [0, 0.1) is 0 Å². The molecule has 1 saturated carbocycles. The van der Waals surface area contributed by atoms with Crippen molar-refractivity contribution in [2.24, 2.45) is 10.7 Å². The largest absolute Gasteiger partial charge is 0.476 e. The van der Waals surface area contributed by atoms with E-state index in [1.54, 1.807) is 6.92 Å². The third-order valence-corrected chi connectivity index (χ3v) is 6.01. The van der Waals surface area contributed by atoms with Crippen LogP contribution in [0.25, 0.3) is 0 Å². The first-order valence-electron chi connectivity index (χ1n) is 11.0. The molecule has 2 aromatic rings. The number of primary amides is 1. The minimum absolute atomic E-state index is 0.0756. The molecule has 1 aromatic carbocycles. The van der Waals surface area contributed by atoms with Crippen molar-refractivity contribution in [1.82, 2.24) is 14.9 Å². The van der Waals surface area contributed by atoms with Crippen LogP contribution in [-0.2, 0) is 4.79 Å². The molecule has 1 aromatic heterocycles. The summed E-state index contributed by atoms with van der Waals surface area (Å²) in [7, 11) is 0. The molecule has 0 spiro atoms. The molecule has 3 heterocycles. The summed E-state index contributed by atoms with van der Waals surface area (Å²) in [5.74, 6) is 0.589. The van der Waals surface area contributed by atoms with Crippen molar-refractivity contribution in [2.75, 3.05) is 31.6 Å².